The molecule has 0 aliphatic heterocycles. The summed E-state index contributed by atoms with van der Waals surface area (Å²) in [4.78, 5) is 23.4. The number of benzene rings is 3. The van der Waals surface area contributed by atoms with Crippen molar-refractivity contribution in [1.82, 2.24) is 0 Å². The van der Waals surface area contributed by atoms with Crippen LogP contribution in [0, 0.1) is 0 Å². The van der Waals surface area contributed by atoms with Crippen LogP contribution >= 0.6 is 0 Å². The van der Waals surface area contributed by atoms with Crippen LogP contribution in [0.5, 0.6) is 0 Å². The van der Waals surface area contributed by atoms with Gasteiger partial charge in [0.1, 0.15) is 6.61 Å². The SMILES string of the molecule is O=C(Nc1cc(C(=O)O)cc([B-](F)(F)F)c1)OCC1c2ccccc2-c2ccccc21.[K+]. The first-order chi connectivity index (χ1) is 14.7. The first kappa shape index (κ1) is 24.5. The van der Waals surface area contributed by atoms with E-state index in [4.69, 9.17) is 9.84 Å². The summed E-state index contributed by atoms with van der Waals surface area (Å²) in [6, 6.07) is 17.6. The van der Waals surface area contributed by atoms with Crippen LogP contribution in [0.2, 0.25) is 0 Å². The molecule has 0 spiro atoms. The van der Waals surface area contributed by atoms with Gasteiger partial charge in [0.2, 0.25) is 0 Å². The van der Waals surface area contributed by atoms with Crippen LogP contribution in [0.25, 0.3) is 11.1 Å². The number of fused-ring (bicyclic) bond motifs is 3. The first-order valence-electron chi connectivity index (χ1n) is 9.44. The molecule has 2 N–H and O–H groups in total. The number of anilines is 1. The molecule has 0 atom stereocenters. The largest absolute Gasteiger partial charge is 1.00 e. The molecule has 158 valence electrons. The molecule has 0 saturated heterocycles. The maximum atomic E-state index is 13.1. The van der Waals surface area contributed by atoms with E-state index in [1.54, 1.807) is 0 Å². The van der Waals surface area contributed by atoms with E-state index in [0.29, 0.717) is 12.1 Å². The van der Waals surface area contributed by atoms with Crippen molar-refractivity contribution < 1.29 is 83.8 Å². The molecule has 1 aliphatic carbocycles. The van der Waals surface area contributed by atoms with Gasteiger partial charge >= 0.3 is 70.4 Å². The minimum absolute atomic E-state index is 0. The summed E-state index contributed by atoms with van der Waals surface area (Å²) in [6.07, 6.45) is -0.968. The second kappa shape index (κ2) is 9.80. The van der Waals surface area contributed by atoms with E-state index in [0.717, 1.165) is 28.3 Å². The zero-order valence-corrected chi connectivity index (χ0v) is 20.1. The molecule has 32 heavy (non-hydrogen) atoms. The molecule has 3 aromatic carbocycles. The molecule has 0 saturated carbocycles. The topological polar surface area (TPSA) is 75.6 Å². The zero-order chi connectivity index (χ0) is 22.2. The zero-order valence-electron chi connectivity index (χ0n) is 17.0. The second-order valence-corrected chi connectivity index (χ2v) is 7.17. The minimum atomic E-state index is -5.44. The minimum Gasteiger partial charge on any atom is -0.478 e. The number of aromatic carboxylic acids is 1. The van der Waals surface area contributed by atoms with Gasteiger partial charge in [0.25, 0.3) is 0 Å². The number of rotatable bonds is 5. The van der Waals surface area contributed by atoms with E-state index in [2.05, 4.69) is 5.32 Å². The predicted octanol–water partition coefficient (Wildman–Crippen LogP) is 1.80. The van der Waals surface area contributed by atoms with Crippen molar-refractivity contribution in [3.63, 3.8) is 0 Å². The van der Waals surface area contributed by atoms with Gasteiger partial charge in [-0.25, -0.2) is 9.59 Å². The summed E-state index contributed by atoms with van der Waals surface area (Å²) < 4.78 is 44.6. The monoisotopic (exact) mass is 465 g/mol. The Morgan fingerprint density at radius 3 is 2.03 bits per heavy atom. The van der Waals surface area contributed by atoms with Crippen LogP contribution in [-0.2, 0) is 4.74 Å². The number of hydrogen-bond donors (Lipinski definition) is 2. The van der Waals surface area contributed by atoms with Gasteiger partial charge in [0.15, 0.2) is 0 Å². The van der Waals surface area contributed by atoms with E-state index in [1.807, 2.05) is 48.5 Å². The van der Waals surface area contributed by atoms with Gasteiger partial charge in [0, 0.05) is 11.6 Å². The van der Waals surface area contributed by atoms with Gasteiger partial charge in [-0.1, -0.05) is 60.7 Å². The number of carbonyl (C=O) groups is 2. The summed E-state index contributed by atoms with van der Waals surface area (Å²) in [5.41, 5.74) is 2.07. The van der Waals surface area contributed by atoms with Crippen LogP contribution in [-0.4, -0.2) is 30.8 Å². The Kier molecular flexibility index (Phi) is 7.51. The Hall–Kier alpha value is -2.11. The molecule has 0 fully saturated rings. The molecule has 0 unspecified atom stereocenters. The first-order valence-corrected chi connectivity index (χ1v) is 9.44. The summed E-state index contributed by atoms with van der Waals surface area (Å²) in [6.45, 7) is -5.46. The molecule has 0 radical (unpaired) electrons. The second-order valence-electron chi connectivity index (χ2n) is 7.17. The normalized spacial score (nSPS) is 12.3. The van der Waals surface area contributed by atoms with Crippen molar-refractivity contribution in [2.24, 2.45) is 0 Å². The van der Waals surface area contributed by atoms with Gasteiger partial charge in [-0.2, -0.15) is 0 Å². The van der Waals surface area contributed by atoms with Crippen molar-refractivity contribution in [2.75, 3.05) is 11.9 Å². The van der Waals surface area contributed by atoms with Crippen LogP contribution < -0.4 is 62.2 Å². The summed E-state index contributed by atoms with van der Waals surface area (Å²) >= 11 is 0. The van der Waals surface area contributed by atoms with Gasteiger partial charge in [0.05, 0.1) is 5.56 Å². The fourth-order valence-corrected chi connectivity index (χ4v) is 3.79. The average Bonchev–Trinajstić information content (AvgIpc) is 3.05. The Bertz CT molecular complexity index is 1140. The van der Waals surface area contributed by atoms with Crippen molar-refractivity contribution in [1.29, 1.82) is 0 Å². The molecule has 1 amide bonds. The maximum Gasteiger partial charge on any atom is 1.00 e. The van der Waals surface area contributed by atoms with E-state index >= 15 is 0 Å². The summed E-state index contributed by atoms with van der Waals surface area (Å²) in [5.74, 6) is -1.74. The van der Waals surface area contributed by atoms with Crippen molar-refractivity contribution in [3.05, 3.63) is 83.4 Å². The fourth-order valence-electron chi connectivity index (χ4n) is 3.79. The van der Waals surface area contributed by atoms with Crippen LogP contribution in [0.4, 0.5) is 23.4 Å². The number of halogens is 3. The molecule has 5 nitrogen and oxygen atoms in total. The number of hydrogen-bond acceptors (Lipinski definition) is 3. The van der Waals surface area contributed by atoms with E-state index in [-0.39, 0.29) is 69.6 Å². The molecular weight excluding hydrogens is 449 g/mol. The number of carboxylic acids is 1. The smallest absolute Gasteiger partial charge is 0.478 e. The quantitative estimate of drug-likeness (QED) is 0.564. The van der Waals surface area contributed by atoms with Crippen molar-refractivity contribution in [3.8, 4) is 11.1 Å². The van der Waals surface area contributed by atoms with Gasteiger partial charge in [-0.15, -0.1) is 5.46 Å². The number of ether oxygens (including phenoxy) is 1. The van der Waals surface area contributed by atoms with Crippen molar-refractivity contribution >= 4 is 30.2 Å². The molecule has 0 aromatic heterocycles. The van der Waals surface area contributed by atoms with Crippen LogP contribution in [0.1, 0.15) is 27.4 Å². The number of nitrogens with one attached hydrogen (secondary N) is 1. The van der Waals surface area contributed by atoms with Gasteiger partial charge < -0.3 is 22.8 Å². The molecule has 0 heterocycles. The van der Waals surface area contributed by atoms with Crippen LogP contribution in [0.15, 0.2) is 66.7 Å². The number of carboxylic acid groups (broad SMARTS) is 1. The van der Waals surface area contributed by atoms with Gasteiger partial charge in [-0.3, -0.25) is 5.32 Å². The third kappa shape index (κ3) is 5.10. The Balaban J connectivity index is 0.00000289. The third-order valence-corrected chi connectivity index (χ3v) is 5.17. The van der Waals surface area contributed by atoms with Gasteiger partial charge in [-0.05, 0) is 28.3 Å². The molecule has 4 rings (SSSR count). The molecule has 3 aromatic rings. The molecular formula is C22H16BF3KNO4. The summed E-state index contributed by atoms with van der Waals surface area (Å²) in [7, 11) is 0. The Morgan fingerprint density at radius 2 is 1.50 bits per heavy atom. The number of carbonyl (C=O) groups excluding carboxylic acids is 1. The standard InChI is InChI=1S/C22H16BF3NO4.K/c24-23(25,26)14-9-13(21(28)29)10-15(11-14)27-22(30)31-12-20-18-7-3-1-5-16(18)17-6-2-4-8-19(17)20;/h1-11,20H,12H2,(H,27,30)(H,28,29);/q-1;+1. The third-order valence-electron chi connectivity index (χ3n) is 5.17. The van der Waals surface area contributed by atoms with E-state index < -0.39 is 30.1 Å². The molecule has 1 aliphatic rings. The summed E-state index contributed by atoms with van der Waals surface area (Å²) in [5, 5.41) is 11.3. The molecule has 10 heteroatoms. The van der Waals surface area contributed by atoms with Crippen LogP contribution in [0.3, 0.4) is 0 Å². The van der Waals surface area contributed by atoms with Crippen molar-refractivity contribution in [2.45, 2.75) is 5.92 Å². The van der Waals surface area contributed by atoms with E-state index in [1.165, 1.54) is 0 Å². The fraction of sp³-hybridized carbons (Fsp3) is 0.0909. The predicted molar refractivity (Wildman–Crippen MR) is 111 cm³/mol. The Morgan fingerprint density at radius 1 is 0.938 bits per heavy atom. The maximum absolute atomic E-state index is 13.1. The van der Waals surface area contributed by atoms with E-state index in [9.17, 15) is 22.5 Å². The number of amides is 1. The molecule has 0 bridgehead atoms. The Labute approximate surface area is 224 Å². The average molecular weight is 465 g/mol.